The van der Waals surface area contributed by atoms with Crippen molar-refractivity contribution < 1.29 is 0 Å². The number of halogens is 1. The zero-order chi connectivity index (χ0) is 13.0. The molecule has 2 rings (SSSR count). The summed E-state index contributed by atoms with van der Waals surface area (Å²) in [6.07, 6.45) is 5.66. The lowest BCUT2D eigenvalue weighted by molar-refractivity contribution is 0.274. The molecule has 1 aromatic carbocycles. The van der Waals surface area contributed by atoms with Gasteiger partial charge in [0.2, 0.25) is 0 Å². The second-order valence-corrected chi connectivity index (χ2v) is 6.72. The lowest BCUT2D eigenvalue weighted by atomic mass is 9.82. The van der Waals surface area contributed by atoms with Gasteiger partial charge in [0.25, 0.3) is 0 Å². The van der Waals surface area contributed by atoms with Crippen molar-refractivity contribution in [2.45, 2.75) is 46.1 Å². The number of rotatable bonds is 4. The van der Waals surface area contributed by atoms with Gasteiger partial charge in [-0.25, -0.2) is 0 Å². The molecule has 2 heteroatoms. The Morgan fingerprint density at radius 1 is 1.33 bits per heavy atom. The zero-order valence-corrected chi connectivity index (χ0v) is 13.1. The molecule has 1 nitrogen and oxygen atoms in total. The van der Waals surface area contributed by atoms with Gasteiger partial charge in [0, 0.05) is 11.0 Å². The van der Waals surface area contributed by atoms with Crippen LogP contribution in [0.3, 0.4) is 0 Å². The van der Waals surface area contributed by atoms with E-state index in [0.29, 0.717) is 0 Å². The lowest BCUT2D eigenvalue weighted by Crippen LogP contribution is -2.26. The molecule has 1 fully saturated rings. The first-order valence-corrected chi connectivity index (χ1v) is 7.90. The summed E-state index contributed by atoms with van der Waals surface area (Å²) in [5.41, 5.74) is 2.68. The van der Waals surface area contributed by atoms with Crippen molar-refractivity contribution in [2.75, 3.05) is 6.54 Å². The Balaban J connectivity index is 1.77. The van der Waals surface area contributed by atoms with Gasteiger partial charge in [0.15, 0.2) is 0 Å². The highest BCUT2D eigenvalue weighted by molar-refractivity contribution is 9.10. The monoisotopic (exact) mass is 309 g/mol. The van der Waals surface area contributed by atoms with Crippen LogP contribution in [0.4, 0.5) is 0 Å². The fraction of sp³-hybridized carbons (Fsp3) is 0.625. The Kier molecular flexibility index (Phi) is 5.25. The van der Waals surface area contributed by atoms with Gasteiger partial charge in [0.1, 0.15) is 0 Å². The Hall–Kier alpha value is -0.340. The number of nitrogens with one attached hydrogen (secondary N) is 1. The van der Waals surface area contributed by atoms with Crippen LogP contribution in [0.15, 0.2) is 22.7 Å². The minimum atomic E-state index is 0.887. The van der Waals surface area contributed by atoms with Crippen molar-refractivity contribution in [3.8, 4) is 0 Å². The van der Waals surface area contributed by atoms with Gasteiger partial charge in [-0.1, -0.05) is 47.8 Å². The van der Waals surface area contributed by atoms with Crippen LogP contribution in [0.25, 0.3) is 0 Å². The summed E-state index contributed by atoms with van der Waals surface area (Å²) in [4.78, 5) is 0. The van der Waals surface area contributed by atoms with Crippen molar-refractivity contribution in [3.63, 3.8) is 0 Å². The Bertz CT molecular complexity index is 389. The van der Waals surface area contributed by atoms with E-state index in [0.717, 1.165) is 18.4 Å². The standard InChI is InChI=1S/C16H24BrN/c1-12-4-3-5-14(8-12)10-18-11-15-7-6-13(2)9-16(15)17/h6-7,9,12,14,18H,3-5,8,10-11H2,1-2H3. The second-order valence-electron chi connectivity index (χ2n) is 5.86. The van der Waals surface area contributed by atoms with Crippen molar-refractivity contribution in [1.29, 1.82) is 0 Å². The molecule has 0 amide bonds. The van der Waals surface area contributed by atoms with Gasteiger partial charge in [-0.2, -0.15) is 0 Å². The van der Waals surface area contributed by atoms with Gasteiger partial charge in [-0.3, -0.25) is 0 Å². The van der Waals surface area contributed by atoms with E-state index >= 15 is 0 Å². The quantitative estimate of drug-likeness (QED) is 0.852. The van der Waals surface area contributed by atoms with Crippen molar-refractivity contribution in [1.82, 2.24) is 5.32 Å². The number of hydrogen-bond donors (Lipinski definition) is 1. The van der Waals surface area contributed by atoms with Gasteiger partial charge in [0.05, 0.1) is 0 Å². The van der Waals surface area contributed by atoms with Crippen LogP contribution in [0, 0.1) is 18.8 Å². The van der Waals surface area contributed by atoms with E-state index in [1.54, 1.807) is 0 Å². The van der Waals surface area contributed by atoms with Crippen LogP contribution in [-0.2, 0) is 6.54 Å². The molecule has 1 aliphatic carbocycles. The summed E-state index contributed by atoms with van der Waals surface area (Å²) in [5.74, 6) is 1.81. The maximum Gasteiger partial charge on any atom is 0.0222 e. The van der Waals surface area contributed by atoms with E-state index < -0.39 is 0 Å². The molecule has 0 spiro atoms. The number of benzene rings is 1. The molecule has 0 heterocycles. The molecule has 100 valence electrons. The average molecular weight is 310 g/mol. The Morgan fingerprint density at radius 3 is 2.89 bits per heavy atom. The highest BCUT2D eigenvalue weighted by atomic mass is 79.9. The molecule has 0 aliphatic heterocycles. The molecule has 0 bridgehead atoms. The van der Waals surface area contributed by atoms with Crippen LogP contribution in [-0.4, -0.2) is 6.54 Å². The van der Waals surface area contributed by atoms with E-state index in [2.05, 4.69) is 53.3 Å². The third-order valence-corrected chi connectivity index (χ3v) is 4.74. The first-order valence-electron chi connectivity index (χ1n) is 7.11. The van der Waals surface area contributed by atoms with E-state index in [1.165, 1.54) is 47.8 Å². The van der Waals surface area contributed by atoms with Crippen LogP contribution < -0.4 is 5.32 Å². The van der Waals surface area contributed by atoms with Gasteiger partial charge in [-0.15, -0.1) is 0 Å². The highest BCUT2D eigenvalue weighted by Crippen LogP contribution is 2.28. The Morgan fingerprint density at radius 2 is 2.17 bits per heavy atom. The minimum absolute atomic E-state index is 0.887. The molecule has 1 N–H and O–H groups in total. The highest BCUT2D eigenvalue weighted by Gasteiger charge is 2.18. The molecule has 1 aliphatic rings. The summed E-state index contributed by atoms with van der Waals surface area (Å²) in [6.45, 7) is 6.67. The normalized spacial score (nSPS) is 24.2. The molecule has 18 heavy (non-hydrogen) atoms. The molecule has 0 aromatic heterocycles. The van der Waals surface area contributed by atoms with E-state index in [9.17, 15) is 0 Å². The van der Waals surface area contributed by atoms with Crippen molar-refractivity contribution in [2.24, 2.45) is 11.8 Å². The smallest absolute Gasteiger partial charge is 0.0222 e. The van der Waals surface area contributed by atoms with Crippen LogP contribution in [0.1, 0.15) is 43.7 Å². The predicted molar refractivity (Wildman–Crippen MR) is 81.7 cm³/mol. The summed E-state index contributed by atoms with van der Waals surface area (Å²) >= 11 is 3.64. The second kappa shape index (κ2) is 6.72. The van der Waals surface area contributed by atoms with E-state index in [4.69, 9.17) is 0 Å². The van der Waals surface area contributed by atoms with Crippen LogP contribution in [0.5, 0.6) is 0 Å². The average Bonchev–Trinajstić information content (AvgIpc) is 2.32. The first kappa shape index (κ1) is 14.1. The predicted octanol–water partition coefficient (Wildman–Crippen LogP) is 4.67. The maximum atomic E-state index is 3.64. The van der Waals surface area contributed by atoms with E-state index in [1.807, 2.05) is 0 Å². The Labute approximate surface area is 119 Å². The summed E-state index contributed by atoms with van der Waals surface area (Å²) in [6, 6.07) is 6.60. The SMILES string of the molecule is Cc1ccc(CNCC2CCCC(C)C2)c(Br)c1. The summed E-state index contributed by atoms with van der Waals surface area (Å²) in [5, 5.41) is 3.62. The maximum absolute atomic E-state index is 3.64. The third kappa shape index (κ3) is 4.10. The minimum Gasteiger partial charge on any atom is -0.312 e. The van der Waals surface area contributed by atoms with Crippen molar-refractivity contribution >= 4 is 15.9 Å². The topological polar surface area (TPSA) is 12.0 Å². The van der Waals surface area contributed by atoms with E-state index in [-0.39, 0.29) is 0 Å². The summed E-state index contributed by atoms with van der Waals surface area (Å²) < 4.78 is 1.23. The fourth-order valence-electron chi connectivity index (χ4n) is 2.95. The lowest BCUT2D eigenvalue weighted by Gasteiger charge is -2.26. The number of hydrogen-bond acceptors (Lipinski definition) is 1. The first-order chi connectivity index (χ1) is 8.65. The zero-order valence-electron chi connectivity index (χ0n) is 11.5. The van der Waals surface area contributed by atoms with Crippen molar-refractivity contribution in [3.05, 3.63) is 33.8 Å². The largest absolute Gasteiger partial charge is 0.312 e. The molecular weight excluding hydrogens is 286 g/mol. The molecular formula is C16H24BrN. The third-order valence-electron chi connectivity index (χ3n) is 4.00. The molecule has 2 atom stereocenters. The summed E-state index contributed by atoms with van der Waals surface area (Å²) in [7, 11) is 0. The molecule has 1 aromatic rings. The number of aryl methyl sites for hydroxylation is 1. The van der Waals surface area contributed by atoms with Gasteiger partial charge < -0.3 is 5.32 Å². The van der Waals surface area contributed by atoms with Crippen LogP contribution in [0.2, 0.25) is 0 Å². The fourth-order valence-corrected chi connectivity index (χ4v) is 3.59. The van der Waals surface area contributed by atoms with Gasteiger partial charge in [-0.05, 0) is 55.3 Å². The molecule has 2 unspecified atom stereocenters. The molecule has 1 saturated carbocycles. The van der Waals surface area contributed by atoms with Gasteiger partial charge >= 0.3 is 0 Å². The molecule has 0 saturated heterocycles. The molecule has 0 radical (unpaired) electrons. The van der Waals surface area contributed by atoms with Crippen LogP contribution >= 0.6 is 15.9 Å².